The number of pyridine rings is 2. The molecular formula is C20H21F2N5O2S. The lowest BCUT2D eigenvalue weighted by molar-refractivity contribution is 0.104. The number of ether oxygens (including phenoxy) is 1. The molecule has 1 atom stereocenters. The fourth-order valence-corrected chi connectivity index (χ4v) is 4.75. The minimum Gasteiger partial charge on any atom is -0.477 e. The number of alkyl halides is 2. The van der Waals surface area contributed by atoms with E-state index in [1.807, 2.05) is 18.2 Å². The highest BCUT2D eigenvalue weighted by Crippen LogP contribution is 2.35. The number of halogens is 2. The van der Waals surface area contributed by atoms with Gasteiger partial charge in [-0.2, -0.15) is 4.91 Å². The predicted molar refractivity (Wildman–Crippen MR) is 110 cm³/mol. The van der Waals surface area contributed by atoms with E-state index in [0.29, 0.717) is 36.4 Å². The van der Waals surface area contributed by atoms with Crippen molar-refractivity contribution in [2.24, 2.45) is 11.1 Å². The van der Waals surface area contributed by atoms with Gasteiger partial charge in [0.15, 0.2) is 0 Å². The smallest absolute Gasteiger partial charge is 0.281 e. The zero-order valence-corrected chi connectivity index (χ0v) is 17.0. The van der Waals surface area contributed by atoms with E-state index < -0.39 is 12.5 Å². The van der Waals surface area contributed by atoms with Crippen molar-refractivity contribution < 1.29 is 13.5 Å². The first-order valence-electron chi connectivity index (χ1n) is 9.74. The van der Waals surface area contributed by atoms with Gasteiger partial charge in [-0.3, -0.25) is 9.88 Å². The van der Waals surface area contributed by atoms with E-state index in [0.717, 1.165) is 35.1 Å². The third-order valence-electron chi connectivity index (χ3n) is 5.42. The van der Waals surface area contributed by atoms with Crippen LogP contribution in [0.25, 0.3) is 10.9 Å². The van der Waals surface area contributed by atoms with E-state index in [4.69, 9.17) is 4.74 Å². The van der Waals surface area contributed by atoms with Gasteiger partial charge in [0.2, 0.25) is 5.88 Å². The van der Waals surface area contributed by atoms with Crippen molar-refractivity contribution >= 4 is 22.2 Å². The Labute approximate surface area is 176 Å². The van der Waals surface area contributed by atoms with Crippen molar-refractivity contribution in [1.82, 2.24) is 19.9 Å². The van der Waals surface area contributed by atoms with Crippen LogP contribution in [0.2, 0.25) is 0 Å². The Morgan fingerprint density at radius 1 is 1.20 bits per heavy atom. The van der Waals surface area contributed by atoms with E-state index in [1.165, 1.54) is 5.51 Å². The quantitative estimate of drug-likeness (QED) is 0.482. The Kier molecular flexibility index (Phi) is 6.53. The predicted octanol–water partition coefficient (Wildman–Crippen LogP) is 4.62. The number of aromatic nitrogens is 3. The molecule has 158 valence electrons. The van der Waals surface area contributed by atoms with Gasteiger partial charge in [0.05, 0.1) is 33.9 Å². The van der Waals surface area contributed by atoms with Crippen molar-refractivity contribution in [2.45, 2.75) is 25.3 Å². The van der Waals surface area contributed by atoms with Gasteiger partial charge in [0, 0.05) is 12.4 Å². The van der Waals surface area contributed by atoms with Crippen molar-refractivity contribution in [3.05, 3.63) is 51.6 Å². The maximum absolute atomic E-state index is 13.3. The van der Waals surface area contributed by atoms with Crippen LogP contribution < -0.4 is 4.74 Å². The van der Waals surface area contributed by atoms with Crippen LogP contribution in [0.3, 0.4) is 0 Å². The highest BCUT2D eigenvalue weighted by atomic mass is 32.1. The fourth-order valence-electron chi connectivity index (χ4n) is 3.83. The summed E-state index contributed by atoms with van der Waals surface area (Å²) in [5.74, 6) is 0.883. The largest absolute Gasteiger partial charge is 0.477 e. The SMILES string of the molecule is O=NCC(c1scnc1C(F)F)N1CCC(COc2nccc3ncccc23)CC1. The molecule has 1 fully saturated rings. The summed E-state index contributed by atoms with van der Waals surface area (Å²) in [5.41, 5.74) is 2.00. The van der Waals surface area contributed by atoms with Crippen molar-refractivity contribution in [3.8, 4) is 5.88 Å². The maximum atomic E-state index is 13.3. The standard InChI is InChI=1S/C20H21F2N5O2S/c21-19(22)17-18(30-12-25-17)16(10-26-28)27-8-4-13(5-9-27)11-29-20-14-2-1-6-23-15(14)3-7-24-20/h1-3,6-7,12-13,16,19H,4-5,8-11H2. The molecule has 0 spiro atoms. The first kappa shape index (κ1) is 20.7. The van der Waals surface area contributed by atoms with Crippen molar-refractivity contribution in [1.29, 1.82) is 0 Å². The van der Waals surface area contributed by atoms with Crippen LogP contribution in [-0.2, 0) is 0 Å². The average Bonchev–Trinajstić information content (AvgIpc) is 3.26. The van der Waals surface area contributed by atoms with Gasteiger partial charge >= 0.3 is 0 Å². The van der Waals surface area contributed by atoms with Gasteiger partial charge in [0.1, 0.15) is 12.2 Å². The summed E-state index contributed by atoms with van der Waals surface area (Å²) < 4.78 is 32.5. The molecule has 3 aromatic rings. The molecule has 7 nitrogen and oxygen atoms in total. The van der Waals surface area contributed by atoms with Crippen LogP contribution in [0, 0.1) is 10.8 Å². The van der Waals surface area contributed by atoms with Gasteiger partial charge in [-0.25, -0.2) is 18.7 Å². The number of hydrogen-bond donors (Lipinski definition) is 0. The Balaban J connectivity index is 1.38. The third-order valence-corrected chi connectivity index (χ3v) is 6.37. The van der Waals surface area contributed by atoms with E-state index in [-0.39, 0.29) is 12.2 Å². The van der Waals surface area contributed by atoms with Crippen LogP contribution in [0.15, 0.2) is 41.3 Å². The van der Waals surface area contributed by atoms with Crippen LogP contribution in [0.1, 0.15) is 35.9 Å². The highest BCUT2D eigenvalue weighted by Gasteiger charge is 2.31. The molecule has 0 bridgehead atoms. The van der Waals surface area contributed by atoms with Gasteiger partial charge in [0.25, 0.3) is 6.43 Å². The molecular weight excluding hydrogens is 412 g/mol. The molecule has 1 unspecified atom stereocenters. The zero-order valence-electron chi connectivity index (χ0n) is 16.2. The Morgan fingerprint density at radius 2 is 2.03 bits per heavy atom. The molecule has 0 aliphatic carbocycles. The van der Waals surface area contributed by atoms with Gasteiger partial charge in [-0.05, 0) is 50.0 Å². The van der Waals surface area contributed by atoms with E-state index in [9.17, 15) is 13.7 Å². The van der Waals surface area contributed by atoms with E-state index in [2.05, 4.69) is 25.0 Å². The number of nitrogens with zero attached hydrogens (tertiary/aromatic N) is 5. The highest BCUT2D eigenvalue weighted by molar-refractivity contribution is 7.09. The van der Waals surface area contributed by atoms with Crippen LogP contribution >= 0.6 is 11.3 Å². The molecule has 1 saturated heterocycles. The zero-order chi connectivity index (χ0) is 20.9. The molecule has 4 heterocycles. The lowest BCUT2D eigenvalue weighted by atomic mass is 9.96. The van der Waals surface area contributed by atoms with Crippen molar-refractivity contribution in [3.63, 3.8) is 0 Å². The first-order chi connectivity index (χ1) is 14.7. The molecule has 4 rings (SSSR count). The maximum Gasteiger partial charge on any atom is 0.281 e. The topological polar surface area (TPSA) is 80.6 Å². The molecule has 0 amide bonds. The number of thiazole rings is 1. The van der Waals surface area contributed by atoms with E-state index in [1.54, 1.807) is 12.4 Å². The Morgan fingerprint density at radius 3 is 2.80 bits per heavy atom. The molecule has 1 aliphatic heterocycles. The lowest BCUT2D eigenvalue weighted by Gasteiger charge is -2.36. The minimum atomic E-state index is -2.66. The molecule has 0 N–H and O–H groups in total. The number of likely N-dealkylation sites (tertiary alicyclic amines) is 1. The van der Waals surface area contributed by atoms with Gasteiger partial charge in [-0.1, -0.05) is 5.18 Å². The van der Waals surface area contributed by atoms with Crippen molar-refractivity contribution in [2.75, 3.05) is 26.2 Å². The molecule has 0 aromatic carbocycles. The number of piperidine rings is 1. The van der Waals surface area contributed by atoms with Gasteiger partial charge < -0.3 is 4.74 Å². The first-order valence-corrected chi connectivity index (χ1v) is 10.6. The lowest BCUT2D eigenvalue weighted by Crippen LogP contribution is -2.39. The molecule has 0 radical (unpaired) electrons. The van der Waals surface area contributed by atoms with Gasteiger partial charge in [-0.15, -0.1) is 11.3 Å². The molecule has 30 heavy (non-hydrogen) atoms. The number of hydrogen-bond acceptors (Lipinski definition) is 8. The number of rotatable bonds is 8. The van der Waals surface area contributed by atoms with Crippen LogP contribution in [0.5, 0.6) is 5.88 Å². The minimum absolute atomic E-state index is 0.0595. The summed E-state index contributed by atoms with van der Waals surface area (Å²) in [6.45, 7) is 1.82. The molecule has 0 saturated carbocycles. The number of nitroso groups, excluding NO2 is 1. The fraction of sp³-hybridized carbons (Fsp3) is 0.450. The Hall–Kier alpha value is -2.59. The summed E-state index contributed by atoms with van der Waals surface area (Å²) in [4.78, 5) is 25.9. The Bertz CT molecular complexity index is 989. The van der Waals surface area contributed by atoms with E-state index >= 15 is 0 Å². The third kappa shape index (κ3) is 4.44. The monoisotopic (exact) mass is 433 g/mol. The number of fused-ring (bicyclic) bond motifs is 1. The normalized spacial score (nSPS) is 16.8. The molecule has 10 heteroatoms. The summed E-state index contributed by atoms with van der Waals surface area (Å²) in [5, 5.41) is 3.87. The second kappa shape index (κ2) is 9.48. The second-order valence-corrected chi connectivity index (χ2v) is 8.09. The summed E-state index contributed by atoms with van der Waals surface area (Å²) in [7, 11) is 0. The van der Waals surface area contributed by atoms with Crippen LogP contribution in [0.4, 0.5) is 8.78 Å². The summed E-state index contributed by atoms with van der Waals surface area (Å²) in [6.07, 6.45) is 2.42. The van der Waals surface area contributed by atoms with Crippen LogP contribution in [-0.4, -0.2) is 46.1 Å². The second-order valence-electron chi connectivity index (χ2n) is 7.21. The molecule has 1 aliphatic rings. The average molecular weight is 433 g/mol. The summed E-state index contributed by atoms with van der Waals surface area (Å²) >= 11 is 1.16. The molecule has 3 aromatic heterocycles. The summed E-state index contributed by atoms with van der Waals surface area (Å²) in [6, 6.07) is 5.17.